The first-order valence-electron chi connectivity index (χ1n) is 38.7. The number of rotatable bonds is 20. The number of thiol groups is 2. The summed E-state index contributed by atoms with van der Waals surface area (Å²) in [5.41, 5.74) is 1.29. The number of esters is 4. The molecule has 610 valence electrons. The second-order valence-corrected chi connectivity index (χ2v) is 39.5. The van der Waals surface area contributed by atoms with Gasteiger partial charge in [-0.15, -0.1) is 0 Å². The molecule has 0 aromatic heterocycles. The zero-order valence-corrected chi connectivity index (χ0v) is 71.5. The molecule has 16 rings (SSSR count). The minimum absolute atomic E-state index is 0. The van der Waals surface area contributed by atoms with E-state index in [0.29, 0.717) is 91.8 Å². The van der Waals surface area contributed by atoms with Crippen molar-refractivity contribution in [1.82, 2.24) is 0 Å². The van der Waals surface area contributed by atoms with Gasteiger partial charge in [0.05, 0.1) is 30.5 Å². The van der Waals surface area contributed by atoms with E-state index in [1.807, 2.05) is 0 Å². The van der Waals surface area contributed by atoms with Gasteiger partial charge in [0.15, 0.2) is 37.9 Å². The predicted molar refractivity (Wildman–Crippen MR) is 403 cm³/mol. The fourth-order valence-electron chi connectivity index (χ4n) is 19.5. The average Bonchev–Trinajstić information content (AvgIpc) is 0.748. The number of methoxy groups -OCH3 is 1. The van der Waals surface area contributed by atoms with Crippen LogP contribution in [0.1, 0.15) is 210 Å². The first-order chi connectivity index (χ1) is 51.1. The van der Waals surface area contributed by atoms with E-state index in [0.717, 1.165) is 91.3 Å². The summed E-state index contributed by atoms with van der Waals surface area (Å²) >= 11 is 2.56. The number of ether oxygens (including phenoxy) is 4. The van der Waals surface area contributed by atoms with Gasteiger partial charge in [-0.1, -0.05) is 144 Å². The number of hydrogen-bond donors (Lipinski definition) is 0. The molecular weight excluding hydrogens is 1510 g/mol. The molecule has 12 aliphatic rings. The van der Waals surface area contributed by atoms with Crippen LogP contribution in [0.5, 0.6) is 0 Å². The molecule has 3 atom stereocenters. The standard InChI is InChI=1S/C18H26F2O4.2C17H24F2O4.2C16H18S.CH4O4S.Na/c1-10(2)14(18(19,20)16(22)23-3)24-15(21)17-7-11-4-12(8-17)6-13(5-11)9-17;2*1-9(2)13(17(18,19)14(20)21)23-15(22)16-6-10-3-11(7-16)5-12(4-10)8-16;2*1-16(2,3)13-9-11-15(12-10-13)17-14-7-5-4-6-8-14;1-5-6(2,3)4;/h10-14H,4-9H2,1-3H3;2*9-13H,3-8H2,1-2H3,(H,20,21);2*4-12H,1-3H3;1H3,(H,2,3,4);/q;;;;;;+1/p-1. The molecule has 4 aromatic rings. The number of aliphatic carboxylic acids is 2. The molecule has 0 radical (unpaired) electrons. The quantitative estimate of drug-likeness (QED) is 0.0116. The third-order valence-corrected chi connectivity index (χ3v) is 26.3. The summed E-state index contributed by atoms with van der Waals surface area (Å²) in [5, 5.41) is 21.5. The van der Waals surface area contributed by atoms with Gasteiger partial charge in [-0.3, -0.25) is 18.6 Å². The number of carbonyl (C=O) groups excluding carboxylic acids is 6. The molecule has 12 aliphatic carbocycles. The topological polar surface area (TPSA) is 252 Å². The Hall–Kier alpha value is -5.15. The van der Waals surface area contributed by atoms with Crippen molar-refractivity contribution in [2.24, 2.45) is 87.3 Å². The summed E-state index contributed by atoms with van der Waals surface area (Å²) in [7, 11) is -2.69. The van der Waals surface area contributed by atoms with E-state index < -0.39 is 116 Å². The monoisotopic (exact) mass is 1620 g/mol. The maximum Gasteiger partial charge on any atom is 1.00 e. The van der Waals surface area contributed by atoms with Crippen molar-refractivity contribution in [3.05, 3.63) is 120 Å². The third kappa shape index (κ3) is 24.0. The summed E-state index contributed by atoms with van der Waals surface area (Å²) in [6.07, 6.45) is 10.8. The van der Waals surface area contributed by atoms with Crippen molar-refractivity contribution >= 4 is 69.7 Å². The van der Waals surface area contributed by atoms with Gasteiger partial charge in [-0.2, -0.15) is 26.3 Å². The average molecular weight is 1620 g/mol. The van der Waals surface area contributed by atoms with Crippen LogP contribution in [-0.2, 0) is 96.7 Å². The Bertz CT molecular complexity index is 3590. The molecule has 26 heteroatoms. The first-order valence-corrected chi connectivity index (χ1v) is 41.8. The molecule has 0 spiro atoms. The van der Waals surface area contributed by atoms with Crippen LogP contribution in [0.3, 0.4) is 0 Å². The molecule has 3 unspecified atom stereocenters. The number of carboxylic acid groups (broad SMARTS) is 2. The van der Waals surface area contributed by atoms with Crippen LogP contribution in [0.4, 0.5) is 26.3 Å². The largest absolute Gasteiger partial charge is 1.00 e. The van der Waals surface area contributed by atoms with Crippen molar-refractivity contribution in [2.45, 2.75) is 265 Å². The van der Waals surface area contributed by atoms with E-state index in [4.69, 9.17) is 14.2 Å². The Balaban J connectivity index is 0.000000190. The molecule has 0 N–H and O–H groups in total. The summed E-state index contributed by atoms with van der Waals surface area (Å²) < 4.78 is 135. The second-order valence-electron chi connectivity index (χ2n) is 35.8. The Kier molecular flexibility index (Phi) is 31.7. The normalized spacial score (nSPS) is 27.2. The van der Waals surface area contributed by atoms with Crippen LogP contribution in [-0.4, -0.2) is 99.1 Å². The minimum atomic E-state index is -4.41. The van der Waals surface area contributed by atoms with Gasteiger partial charge in [0, 0.05) is 23.5 Å². The van der Waals surface area contributed by atoms with Gasteiger partial charge >= 0.3 is 71.2 Å². The van der Waals surface area contributed by atoms with Gasteiger partial charge in [-0.05, 0) is 257 Å². The fourth-order valence-corrected chi connectivity index (χ4v) is 21.4. The SMILES string of the molecule is CC(C)(C)c1ccc([SH+]c2ccccc2)cc1.CC(C)(C)c1ccc([SH+]c2ccccc2)cc1.CC(C)C(OC(=O)C12CC3CC(CC(C3)C1)C2)C(F)(F)C(=O)[O-].CC(C)C(OC(=O)C12CC3CC(CC(C3)C1)C2)C(F)(F)C(=O)[O-].COC(=O)C(F)(F)C(OC(=O)C12CC3CC(CC(C3)C1)C2)C(C)C.COS(=O)(=O)[O-].[Na+]. The van der Waals surface area contributed by atoms with Crippen molar-refractivity contribution in [3.63, 3.8) is 0 Å². The van der Waals surface area contributed by atoms with Gasteiger partial charge in [0.25, 0.3) is 0 Å². The van der Waals surface area contributed by atoms with Crippen LogP contribution < -0.4 is 39.8 Å². The number of alkyl halides is 6. The molecule has 12 bridgehead atoms. The Morgan fingerprint density at radius 3 is 0.784 bits per heavy atom. The molecule has 111 heavy (non-hydrogen) atoms. The van der Waals surface area contributed by atoms with Crippen LogP contribution in [0.15, 0.2) is 129 Å². The van der Waals surface area contributed by atoms with Crippen LogP contribution in [0.2, 0.25) is 0 Å². The van der Waals surface area contributed by atoms with Crippen molar-refractivity contribution in [2.75, 3.05) is 14.2 Å². The summed E-state index contributed by atoms with van der Waals surface area (Å²) in [6.45, 7) is 22.2. The number of carbonyl (C=O) groups is 6. The van der Waals surface area contributed by atoms with Gasteiger partial charge in [0.2, 0.25) is 10.4 Å². The van der Waals surface area contributed by atoms with E-state index >= 15 is 0 Å². The van der Waals surface area contributed by atoms with E-state index in [-0.39, 0.29) is 40.4 Å². The zero-order valence-electron chi connectivity index (χ0n) is 66.9. The van der Waals surface area contributed by atoms with Gasteiger partial charge in [0.1, 0.15) is 11.9 Å². The number of halogens is 6. The Morgan fingerprint density at radius 1 is 0.396 bits per heavy atom. The molecule has 12 fully saturated rings. The van der Waals surface area contributed by atoms with Crippen LogP contribution in [0, 0.1) is 87.3 Å². The summed E-state index contributed by atoms with van der Waals surface area (Å²) in [4.78, 5) is 76.6. The zero-order chi connectivity index (χ0) is 81.5. The molecular formula is C85H113F6NaO16S3. The van der Waals surface area contributed by atoms with Crippen molar-refractivity contribution < 1.29 is 131 Å². The second kappa shape index (κ2) is 37.8. The van der Waals surface area contributed by atoms with Crippen LogP contribution in [0.25, 0.3) is 0 Å². The van der Waals surface area contributed by atoms with Gasteiger partial charge < -0.3 is 43.3 Å². The van der Waals surface area contributed by atoms with Gasteiger partial charge in [-0.25, -0.2) is 13.2 Å². The van der Waals surface area contributed by atoms with Crippen LogP contribution >= 0.6 is 0 Å². The number of benzene rings is 4. The fraction of sp³-hybridized carbons (Fsp3) is 0.647. The maximum absolute atomic E-state index is 14.3. The molecule has 0 amide bonds. The summed E-state index contributed by atoms with van der Waals surface area (Å²) in [6, 6.07) is 39.0. The molecule has 0 aliphatic heterocycles. The Labute approximate surface area is 682 Å². The molecule has 16 nitrogen and oxygen atoms in total. The van der Waals surface area contributed by atoms with E-state index in [2.05, 4.69) is 160 Å². The first kappa shape index (κ1) is 93.0. The van der Waals surface area contributed by atoms with Crippen molar-refractivity contribution in [3.8, 4) is 0 Å². The van der Waals surface area contributed by atoms with E-state index in [1.165, 1.54) is 95.8 Å². The number of hydrogen-bond acceptors (Lipinski definition) is 16. The molecule has 4 aromatic carbocycles. The molecule has 0 saturated heterocycles. The summed E-state index contributed by atoms with van der Waals surface area (Å²) in [5.74, 6) is -18.5. The Morgan fingerprint density at radius 2 is 0.604 bits per heavy atom. The smallest absolute Gasteiger partial charge is 0.726 e. The van der Waals surface area contributed by atoms with E-state index in [9.17, 15) is 78.3 Å². The number of carboxylic acids is 2. The van der Waals surface area contributed by atoms with Crippen molar-refractivity contribution in [1.29, 1.82) is 0 Å². The maximum atomic E-state index is 14.3. The molecule has 12 saturated carbocycles. The molecule has 0 heterocycles. The predicted octanol–water partition coefficient (Wildman–Crippen LogP) is 12.4. The van der Waals surface area contributed by atoms with E-state index in [1.54, 1.807) is 0 Å². The third-order valence-electron chi connectivity index (χ3n) is 23.7. The minimum Gasteiger partial charge on any atom is -0.726 e.